The van der Waals surface area contributed by atoms with E-state index in [1.807, 2.05) is 31.2 Å². The van der Waals surface area contributed by atoms with E-state index in [1.54, 1.807) is 24.3 Å². The topological polar surface area (TPSA) is 143 Å². The van der Waals surface area contributed by atoms with Gasteiger partial charge < -0.3 is 20.9 Å². The van der Waals surface area contributed by atoms with Crippen LogP contribution in [-0.2, 0) is 14.4 Å². The number of benzene rings is 2. The number of aliphatic carboxylic acids is 1. The molecule has 0 radical (unpaired) electrons. The van der Waals surface area contributed by atoms with Gasteiger partial charge in [0.15, 0.2) is 0 Å². The molecule has 0 saturated carbocycles. The Kier molecular flexibility index (Phi) is 7.31. The van der Waals surface area contributed by atoms with Gasteiger partial charge in [0.05, 0.1) is 6.54 Å². The first-order valence-electron chi connectivity index (χ1n) is 9.13. The highest BCUT2D eigenvalue weighted by Crippen LogP contribution is 2.45. The Balaban J connectivity index is 0.000000501. The summed E-state index contributed by atoms with van der Waals surface area (Å²) in [5.74, 6) is -1.14. The van der Waals surface area contributed by atoms with Crippen molar-refractivity contribution in [2.75, 3.05) is 6.54 Å². The fourth-order valence-electron chi connectivity index (χ4n) is 2.70. The third-order valence-corrected chi connectivity index (χ3v) is 4.16. The number of fused-ring (bicyclic) bond motifs is 2. The molecule has 0 spiro atoms. The SMILES string of the molecule is C=C(C)C(=O)O.Cc1ccc2c(c1)C(=C(C#N)C(=O)NCC(N)=O)c1ccccc1O2. The van der Waals surface area contributed by atoms with Gasteiger partial charge in [-0.3, -0.25) is 9.59 Å². The molecule has 8 heteroatoms. The fourth-order valence-corrected chi connectivity index (χ4v) is 2.70. The van der Waals surface area contributed by atoms with Gasteiger partial charge in [0, 0.05) is 22.3 Å². The van der Waals surface area contributed by atoms with E-state index in [1.165, 1.54) is 6.92 Å². The van der Waals surface area contributed by atoms with Crippen LogP contribution in [-0.4, -0.2) is 29.4 Å². The maximum Gasteiger partial charge on any atom is 0.330 e. The summed E-state index contributed by atoms with van der Waals surface area (Å²) in [4.78, 5) is 33.0. The summed E-state index contributed by atoms with van der Waals surface area (Å²) in [7, 11) is 0. The molecule has 158 valence electrons. The molecule has 0 aromatic heterocycles. The second-order valence-electron chi connectivity index (χ2n) is 6.69. The van der Waals surface area contributed by atoms with E-state index >= 15 is 0 Å². The van der Waals surface area contributed by atoms with E-state index in [0.717, 1.165) is 5.56 Å². The predicted octanol–water partition coefficient (Wildman–Crippen LogP) is 2.67. The lowest BCUT2D eigenvalue weighted by Gasteiger charge is -2.24. The lowest BCUT2D eigenvalue weighted by molar-refractivity contribution is -0.132. The molecule has 1 heterocycles. The lowest BCUT2D eigenvalue weighted by atomic mass is 9.89. The largest absolute Gasteiger partial charge is 0.478 e. The Morgan fingerprint density at radius 1 is 1.16 bits per heavy atom. The molecule has 0 saturated heterocycles. The Labute approximate surface area is 179 Å². The molecule has 1 aliphatic heterocycles. The van der Waals surface area contributed by atoms with Crippen molar-refractivity contribution < 1.29 is 24.2 Å². The number of nitrogens with zero attached hydrogens (tertiary/aromatic N) is 1. The zero-order valence-corrected chi connectivity index (χ0v) is 17.1. The van der Waals surface area contributed by atoms with Gasteiger partial charge in [0.2, 0.25) is 5.91 Å². The first-order chi connectivity index (χ1) is 14.6. The molecule has 1 aliphatic rings. The Hall–Kier alpha value is -4.38. The Morgan fingerprint density at radius 2 is 1.77 bits per heavy atom. The third kappa shape index (κ3) is 5.58. The highest BCUT2D eigenvalue weighted by molar-refractivity contribution is 6.10. The number of nitriles is 1. The van der Waals surface area contributed by atoms with Gasteiger partial charge in [-0.1, -0.05) is 36.4 Å². The van der Waals surface area contributed by atoms with E-state index < -0.39 is 17.8 Å². The molecule has 3 rings (SSSR count). The third-order valence-electron chi connectivity index (χ3n) is 4.16. The summed E-state index contributed by atoms with van der Waals surface area (Å²) in [5.41, 5.74) is 7.89. The standard InChI is InChI=1S/C19H15N3O3.C4H6O2/c1-11-6-7-16-13(8-11)18(12-4-2-3-5-15(12)25-16)14(9-20)19(24)22-10-17(21)23;1-3(2)4(5)6/h2-8H,10H2,1H3,(H2,21,23)(H,22,24);1H2,2H3,(H,5,6). The molecular weight excluding hydrogens is 398 g/mol. The minimum atomic E-state index is -0.935. The van der Waals surface area contributed by atoms with Gasteiger partial charge in [0.1, 0.15) is 23.1 Å². The van der Waals surface area contributed by atoms with Crippen molar-refractivity contribution in [3.63, 3.8) is 0 Å². The first-order valence-corrected chi connectivity index (χ1v) is 9.13. The normalized spacial score (nSPS) is 12.4. The van der Waals surface area contributed by atoms with Crippen LogP contribution in [0.3, 0.4) is 0 Å². The number of aryl methyl sites for hydroxylation is 1. The van der Waals surface area contributed by atoms with Crippen LogP contribution in [0.5, 0.6) is 11.5 Å². The van der Waals surface area contributed by atoms with Crippen molar-refractivity contribution in [3.8, 4) is 17.6 Å². The number of carbonyl (C=O) groups is 3. The van der Waals surface area contributed by atoms with Crippen LogP contribution in [0.2, 0.25) is 0 Å². The highest BCUT2D eigenvalue weighted by Gasteiger charge is 2.27. The molecule has 8 nitrogen and oxygen atoms in total. The predicted molar refractivity (Wildman–Crippen MR) is 114 cm³/mol. The molecule has 4 N–H and O–H groups in total. The van der Waals surface area contributed by atoms with Crippen LogP contribution in [0.15, 0.2) is 60.2 Å². The first kappa shape index (κ1) is 22.9. The number of hydrogen-bond acceptors (Lipinski definition) is 5. The minimum Gasteiger partial charge on any atom is -0.478 e. The zero-order valence-electron chi connectivity index (χ0n) is 17.1. The van der Waals surface area contributed by atoms with Crippen LogP contribution >= 0.6 is 0 Å². The number of primary amides is 1. The van der Waals surface area contributed by atoms with Crippen molar-refractivity contribution in [2.45, 2.75) is 13.8 Å². The van der Waals surface area contributed by atoms with Gasteiger partial charge in [-0.05, 0) is 32.0 Å². The zero-order chi connectivity index (χ0) is 23.1. The Bertz CT molecular complexity index is 1130. The summed E-state index contributed by atoms with van der Waals surface area (Å²) in [5, 5.41) is 19.9. The second-order valence-corrected chi connectivity index (χ2v) is 6.69. The van der Waals surface area contributed by atoms with Crippen LogP contribution < -0.4 is 15.8 Å². The van der Waals surface area contributed by atoms with Gasteiger partial charge in [-0.2, -0.15) is 5.26 Å². The number of carboxylic acid groups (broad SMARTS) is 1. The van der Waals surface area contributed by atoms with Crippen LogP contribution in [0, 0.1) is 18.3 Å². The number of amides is 2. The van der Waals surface area contributed by atoms with Crippen LogP contribution in [0.25, 0.3) is 5.57 Å². The van der Waals surface area contributed by atoms with Crippen molar-refractivity contribution in [1.29, 1.82) is 5.26 Å². The summed E-state index contributed by atoms with van der Waals surface area (Å²) in [6.07, 6.45) is 0. The Morgan fingerprint density at radius 3 is 2.35 bits per heavy atom. The van der Waals surface area contributed by atoms with Gasteiger partial charge in [0.25, 0.3) is 5.91 Å². The molecular formula is C23H21N3O5. The maximum atomic E-state index is 12.4. The van der Waals surface area contributed by atoms with E-state index in [9.17, 15) is 19.6 Å². The van der Waals surface area contributed by atoms with Gasteiger partial charge in [-0.15, -0.1) is 0 Å². The number of ether oxygens (including phenoxy) is 1. The average molecular weight is 419 g/mol. The average Bonchev–Trinajstić information content (AvgIpc) is 2.72. The monoisotopic (exact) mass is 419 g/mol. The second kappa shape index (κ2) is 9.89. The molecule has 0 unspecified atom stereocenters. The summed E-state index contributed by atoms with van der Waals surface area (Å²) in [6.45, 7) is 6.18. The number of nitrogens with one attached hydrogen (secondary N) is 1. The number of nitrogens with two attached hydrogens (primary N) is 1. The smallest absolute Gasteiger partial charge is 0.330 e. The highest BCUT2D eigenvalue weighted by atomic mass is 16.5. The molecule has 2 aromatic rings. The van der Waals surface area contributed by atoms with Gasteiger partial charge in [-0.25, -0.2) is 4.79 Å². The number of carbonyl (C=O) groups excluding carboxylic acids is 2. The van der Waals surface area contributed by atoms with Crippen LogP contribution in [0.4, 0.5) is 0 Å². The van der Waals surface area contributed by atoms with E-state index in [-0.39, 0.29) is 17.7 Å². The van der Waals surface area contributed by atoms with E-state index in [4.69, 9.17) is 15.6 Å². The summed E-state index contributed by atoms with van der Waals surface area (Å²) >= 11 is 0. The minimum absolute atomic E-state index is 0.0937. The van der Waals surface area contributed by atoms with Crippen LogP contribution in [0.1, 0.15) is 23.6 Å². The molecule has 0 fully saturated rings. The number of hydrogen-bond donors (Lipinski definition) is 3. The molecule has 0 aliphatic carbocycles. The van der Waals surface area contributed by atoms with E-state index in [2.05, 4.69) is 11.9 Å². The number of para-hydroxylation sites is 1. The summed E-state index contributed by atoms with van der Waals surface area (Å²) in [6, 6.07) is 14.7. The lowest BCUT2D eigenvalue weighted by Crippen LogP contribution is -2.34. The summed E-state index contributed by atoms with van der Waals surface area (Å²) < 4.78 is 5.89. The fraction of sp³-hybridized carbons (Fsp3) is 0.130. The molecule has 31 heavy (non-hydrogen) atoms. The van der Waals surface area contributed by atoms with Gasteiger partial charge >= 0.3 is 5.97 Å². The number of carboxylic acids is 1. The molecule has 0 atom stereocenters. The quantitative estimate of drug-likeness (QED) is 0.438. The molecule has 2 amide bonds. The van der Waals surface area contributed by atoms with Crippen molar-refractivity contribution in [2.24, 2.45) is 5.73 Å². The van der Waals surface area contributed by atoms with E-state index in [0.29, 0.717) is 28.2 Å². The van der Waals surface area contributed by atoms with Crippen molar-refractivity contribution >= 4 is 23.4 Å². The van der Waals surface area contributed by atoms with Crippen molar-refractivity contribution in [3.05, 3.63) is 76.9 Å². The van der Waals surface area contributed by atoms with Crippen molar-refractivity contribution in [1.82, 2.24) is 5.32 Å². The number of rotatable bonds is 4. The maximum absolute atomic E-state index is 12.4. The molecule has 0 bridgehead atoms. The molecule has 2 aromatic carbocycles.